The number of thioether (sulfide) groups is 1. The minimum absolute atomic E-state index is 0.113. The average molecular weight is 525 g/mol. The van der Waals surface area contributed by atoms with Crippen molar-refractivity contribution >= 4 is 23.5 Å². The molecule has 5 rings (SSSR count). The topological polar surface area (TPSA) is 74.2 Å². The largest absolute Gasteiger partial charge is 0.354 e. The van der Waals surface area contributed by atoms with Crippen molar-refractivity contribution in [3.63, 3.8) is 0 Å². The van der Waals surface area contributed by atoms with E-state index in [-0.39, 0.29) is 5.91 Å². The molecule has 0 bridgehead atoms. The number of amides is 1. The zero-order valence-corrected chi connectivity index (χ0v) is 22.4. The van der Waals surface area contributed by atoms with Gasteiger partial charge in [0.15, 0.2) is 5.16 Å². The molecule has 0 radical (unpaired) electrons. The fourth-order valence-corrected chi connectivity index (χ4v) is 5.21. The molecule has 1 N–H and O–H groups in total. The van der Waals surface area contributed by atoms with Crippen molar-refractivity contribution in [1.29, 1.82) is 0 Å². The van der Waals surface area contributed by atoms with Crippen LogP contribution in [0.5, 0.6) is 0 Å². The van der Waals surface area contributed by atoms with Crippen LogP contribution in [-0.2, 0) is 12.3 Å². The third-order valence-corrected chi connectivity index (χ3v) is 7.54. The number of rotatable bonds is 9. The van der Waals surface area contributed by atoms with Crippen LogP contribution in [-0.4, -0.2) is 58.5 Å². The van der Waals surface area contributed by atoms with Crippen molar-refractivity contribution in [3.05, 3.63) is 102 Å². The van der Waals surface area contributed by atoms with Gasteiger partial charge < -0.3 is 15.1 Å². The van der Waals surface area contributed by atoms with Gasteiger partial charge in [-0.2, -0.15) is 0 Å². The molecule has 38 heavy (non-hydrogen) atoms. The molecule has 1 aliphatic heterocycles. The predicted octanol–water partition coefficient (Wildman–Crippen LogP) is 4.90. The van der Waals surface area contributed by atoms with Gasteiger partial charge in [0.1, 0.15) is 5.82 Å². The molecule has 1 aliphatic rings. The van der Waals surface area contributed by atoms with Crippen LogP contribution >= 0.6 is 11.8 Å². The lowest BCUT2D eigenvalue weighted by atomic mass is 10.1. The number of likely N-dealkylation sites (N-methyl/N-ethyl adjacent to an activating group) is 1. The fraction of sp³-hybridized carbons (Fsp3) is 0.267. The highest BCUT2D eigenvalue weighted by molar-refractivity contribution is 7.98. The van der Waals surface area contributed by atoms with Crippen molar-refractivity contribution < 1.29 is 4.79 Å². The van der Waals surface area contributed by atoms with Crippen LogP contribution in [0.2, 0.25) is 0 Å². The highest BCUT2D eigenvalue weighted by Crippen LogP contribution is 2.28. The Hall–Kier alpha value is -3.75. The molecule has 2 aromatic carbocycles. The van der Waals surface area contributed by atoms with Crippen LogP contribution in [0.15, 0.2) is 90.2 Å². The van der Waals surface area contributed by atoms with E-state index in [9.17, 15) is 4.79 Å². The number of carbonyl (C=O) groups is 1. The van der Waals surface area contributed by atoms with Gasteiger partial charge in [-0.15, -0.1) is 0 Å². The number of nitrogens with one attached hydrogen (secondary N) is 1. The standard InChI is InChI=1S/C30H32N6OS/c1-2-35-15-17-36(18-16-35)28-20-27(24-10-4-3-5-11-24)33-30(34-28)38-22-23-9-8-12-25(19-23)29(37)32-21-26-13-6-7-14-31-26/h3-14,19-20H,2,15-18,21-22H2,1H3,(H,32,37). The van der Waals surface area contributed by atoms with E-state index in [1.807, 2.05) is 60.7 Å². The second kappa shape index (κ2) is 12.7. The molecule has 7 nitrogen and oxygen atoms in total. The Balaban J connectivity index is 1.30. The Morgan fingerprint density at radius 2 is 1.74 bits per heavy atom. The number of benzene rings is 2. The Kier molecular flexibility index (Phi) is 8.63. The molecule has 1 fully saturated rings. The van der Waals surface area contributed by atoms with Crippen molar-refractivity contribution in [1.82, 2.24) is 25.2 Å². The summed E-state index contributed by atoms with van der Waals surface area (Å²) in [7, 11) is 0. The lowest BCUT2D eigenvalue weighted by molar-refractivity contribution is 0.0950. The summed E-state index contributed by atoms with van der Waals surface area (Å²) in [5, 5.41) is 3.69. The monoisotopic (exact) mass is 524 g/mol. The number of pyridine rings is 1. The molecular formula is C30H32N6OS. The van der Waals surface area contributed by atoms with Crippen LogP contribution in [0.4, 0.5) is 5.82 Å². The number of carbonyl (C=O) groups excluding carboxylic acids is 1. The third-order valence-electron chi connectivity index (χ3n) is 6.62. The zero-order valence-electron chi connectivity index (χ0n) is 21.6. The van der Waals surface area contributed by atoms with Gasteiger partial charge in [0.05, 0.1) is 17.9 Å². The molecule has 1 amide bonds. The predicted molar refractivity (Wildman–Crippen MR) is 153 cm³/mol. The molecule has 3 heterocycles. The number of aromatic nitrogens is 3. The molecule has 8 heteroatoms. The highest BCUT2D eigenvalue weighted by Gasteiger charge is 2.19. The number of hydrogen-bond donors (Lipinski definition) is 1. The van der Waals surface area contributed by atoms with Crippen molar-refractivity contribution in [3.8, 4) is 11.3 Å². The highest BCUT2D eigenvalue weighted by atomic mass is 32.2. The Morgan fingerprint density at radius 1 is 0.921 bits per heavy atom. The van der Waals surface area contributed by atoms with Gasteiger partial charge in [0, 0.05) is 55.3 Å². The van der Waals surface area contributed by atoms with Crippen molar-refractivity contribution in [2.45, 2.75) is 24.4 Å². The van der Waals surface area contributed by atoms with Gasteiger partial charge >= 0.3 is 0 Å². The maximum Gasteiger partial charge on any atom is 0.251 e. The van der Waals surface area contributed by atoms with E-state index in [1.54, 1.807) is 18.0 Å². The number of hydrogen-bond acceptors (Lipinski definition) is 7. The summed E-state index contributed by atoms with van der Waals surface area (Å²) >= 11 is 1.60. The molecule has 1 saturated heterocycles. The quantitative estimate of drug-likeness (QED) is 0.247. The molecule has 0 atom stereocenters. The van der Waals surface area contributed by atoms with Crippen LogP contribution in [0, 0.1) is 0 Å². The molecular weight excluding hydrogens is 492 g/mol. The van der Waals surface area contributed by atoms with Gasteiger partial charge in [0.25, 0.3) is 5.91 Å². The van der Waals surface area contributed by atoms with Gasteiger partial charge in [-0.25, -0.2) is 9.97 Å². The summed E-state index contributed by atoms with van der Waals surface area (Å²) in [6.07, 6.45) is 1.73. The lowest BCUT2D eigenvalue weighted by Crippen LogP contribution is -2.46. The van der Waals surface area contributed by atoms with E-state index < -0.39 is 0 Å². The van der Waals surface area contributed by atoms with E-state index in [4.69, 9.17) is 9.97 Å². The maximum absolute atomic E-state index is 12.7. The normalized spacial score (nSPS) is 13.9. The lowest BCUT2D eigenvalue weighted by Gasteiger charge is -2.35. The first-order valence-corrected chi connectivity index (χ1v) is 14.0. The molecule has 4 aromatic rings. The summed E-state index contributed by atoms with van der Waals surface area (Å²) in [5.41, 5.74) is 4.52. The second-order valence-corrected chi connectivity index (χ2v) is 10.1. The van der Waals surface area contributed by atoms with E-state index in [1.165, 1.54) is 0 Å². The Labute approximate surface area is 228 Å². The number of anilines is 1. The molecule has 0 spiro atoms. The van der Waals surface area contributed by atoms with E-state index in [0.29, 0.717) is 17.9 Å². The van der Waals surface area contributed by atoms with Crippen LogP contribution in [0.3, 0.4) is 0 Å². The molecule has 2 aromatic heterocycles. The third kappa shape index (κ3) is 6.76. The van der Waals surface area contributed by atoms with Crippen LogP contribution < -0.4 is 10.2 Å². The second-order valence-electron chi connectivity index (χ2n) is 9.17. The van der Waals surface area contributed by atoms with Gasteiger partial charge in [-0.1, -0.05) is 67.2 Å². The molecule has 0 unspecified atom stereocenters. The minimum atomic E-state index is -0.113. The first kappa shape index (κ1) is 25.9. The fourth-order valence-electron chi connectivity index (χ4n) is 4.42. The zero-order chi connectivity index (χ0) is 26.2. The van der Waals surface area contributed by atoms with E-state index in [0.717, 1.165) is 66.2 Å². The van der Waals surface area contributed by atoms with E-state index >= 15 is 0 Å². The van der Waals surface area contributed by atoms with Gasteiger partial charge in [-0.3, -0.25) is 9.78 Å². The summed E-state index contributed by atoms with van der Waals surface area (Å²) in [6, 6.07) is 25.8. The number of piperazine rings is 1. The average Bonchev–Trinajstić information content (AvgIpc) is 3.00. The Morgan fingerprint density at radius 3 is 2.50 bits per heavy atom. The van der Waals surface area contributed by atoms with Crippen LogP contribution in [0.1, 0.15) is 28.5 Å². The molecule has 0 saturated carbocycles. The van der Waals surface area contributed by atoms with E-state index in [2.05, 4.69) is 45.2 Å². The molecule has 194 valence electrons. The SMILES string of the molecule is CCN1CCN(c2cc(-c3ccccc3)nc(SCc3cccc(C(=O)NCc4ccccn4)c3)n2)CC1. The van der Waals surface area contributed by atoms with Crippen LogP contribution in [0.25, 0.3) is 11.3 Å². The first-order chi connectivity index (χ1) is 18.7. The smallest absolute Gasteiger partial charge is 0.251 e. The minimum Gasteiger partial charge on any atom is -0.354 e. The van der Waals surface area contributed by atoms with Gasteiger partial charge in [0.2, 0.25) is 0 Å². The van der Waals surface area contributed by atoms with Gasteiger partial charge in [-0.05, 0) is 36.4 Å². The summed E-state index contributed by atoms with van der Waals surface area (Å²) < 4.78 is 0. The molecule has 0 aliphatic carbocycles. The number of nitrogens with zero attached hydrogens (tertiary/aromatic N) is 5. The van der Waals surface area contributed by atoms with Crippen molar-refractivity contribution in [2.75, 3.05) is 37.6 Å². The summed E-state index contributed by atoms with van der Waals surface area (Å²) in [6.45, 7) is 7.68. The van der Waals surface area contributed by atoms with Crippen molar-refractivity contribution in [2.24, 2.45) is 0 Å². The maximum atomic E-state index is 12.7. The summed E-state index contributed by atoms with van der Waals surface area (Å²) in [5.74, 6) is 1.53. The first-order valence-electron chi connectivity index (χ1n) is 13.0. The summed E-state index contributed by atoms with van der Waals surface area (Å²) in [4.78, 5) is 31.7. The Bertz CT molecular complexity index is 1340.